The third kappa shape index (κ3) is 3.25. The van der Waals surface area contributed by atoms with Gasteiger partial charge in [-0.05, 0) is 37.5 Å². The molecule has 1 aromatic rings. The summed E-state index contributed by atoms with van der Waals surface area (Å²) in [5, 5.41) is 0. The molecule has 0 amide bonds. The topological polar surface area (TPSA) is 72.2 Å². The van der Waals surface area contributed by atoms with Gasteiger partial charge in [0.05, 0.1) is 10.6 Å². The number of aryl methyl sites for hydroxylation is 1. The van der Waals surface area contributed by atoms with E-state index in [1.165, 1.54) is 19.1 Å². The molecule has 0 heterocycles. The van der Waals surface area contributed by atoms with Crippen LogP contribution in [0.15, 0.2) is 17.0 Å². The standard InChI is InChI=1S/C13H19FN2O2S/c1-9-7-11(8-12(15)13(9)14)19(17,18)16-10-5-3-2-4-6-10/h7-8,10,16H,2-6,15H2,1H3. The highest BCUT2D eigenvalue weighted by molar-refractivity contribution is 7.89. The average molecular weight is 286 g/mol. The second-order valence-electron chi connectivity index (χ2n) is 5.10. The van der Waals surface area contributed by atoms with Crippen LogP contribution in [0.3, 0.4) is 0 Å². The molecule has 0 unspecified atom stereocenters. The van der Waals surface area contributed by atoms with E-state index < -0.39 is 15.8 Å². The molecular formula is C13H19FN2O2S. The molecule has 0 aliphatic heterocycles. The molecule has 3 N–H and O–H groups in total. The van der Waals surface area contributed by atoms with Crippen LogP contribution in [0.5, 0.6) is 0 Å². The molecule has 1 aliphatic rings. The van der Waals surface area contributed by atoms with Crippen molar-refractivity contribution in [2.24, 2.45) is 0 Å². The molecule has 2 rings (SSSR count). The van der Waals surface area contributed by atoms with Crippen molar-refractivity contribution < 1.29 is 12.8 Å². The second-order valence-corrected chi connectivity index (χ2v) is 6.81. The van der Waals surface area contributed by atoms with E-state index in [9.17, 15) is 12.8 Å². The van der Waals surface area contributed by atoms with E-state index in [0.717, 1.165) is 32.1 Å². The number of nitrogens with two attached hydrogens (primary N) is 1. The second kappa shape index (κ2) is 5.46. The van der Waals surface area contributed by atoms with E-state index in [1.807, 2.05) is 0 Å². The van der Waals surface area contributed by atoms with Gasteiger partial charge in [0.25, 0.3) is 0 Å². The third-order valence-electron chi connectivity index (χ3n) is 3.49. The van der Waals surface area contributed by atoms with Gasteiger partial charge in [0.15, 0.2) is 0 Å². The Labute approximate surface area is 113 Å². The molecule has 1 aliphatic carbocycles. The van der Waals surface area contributed by atoms with Gasteiger partial charge >= 0.3 is 0 Å². The highest BCUT2D eigenvalue weighted by atomic mass is 32.2. The van der Waals surface area contributed by atoms with E-state index in [4.69, 9.17) is 5.73 Å². The lowest BCUT2D eigenvalue weighted by Gasteiger charge is -2.22. The predicted molar refractivity (Wildman–Crippen MR) is 72.7 cm³/mol. The Hall–Kier alpha value is -1.14. The zero-order valence-electron chi connectivity index (χ0n) is 10.9. The summed E-state index contributed by atoms with van der Waals surface area (Å²) in [7, 11) is -3.62. The summed E-state index contributed by atoms with van der Waals surface area (Å²) < 4.78 is 40.6. The monoisotopic (exact) mass is 286 g/mol. The van der Waals surface area contributed by atoms with Crippen molar-refractivity contribution >= 4 is 15.7 Å². The maximum Gasteiger partial charge on any atom is 0.240 e. The summed E-state index contributed by atoms with van der Waals surface area (Å²) in [6, 6.07) is 2.47. The molecule has 19 heavy (non-hydrogen) atoms. The maximum absolute atomic E-state index is 13.4. The molecule has 0 atom stereocenters. The van der Waals surface area contributed by atoms with Gasteiger partial charge in [0.2, 0.25) is 10.0 Å². The molecule has 0 radical (unpaired) electrons. The first-order valence-corrected chi connectivity index (χ1v) is 7.96. The Morgan fingerprint density at radius 3 is 2.47 bits per heavy atom. The molecule has 1 aromatic carbocycles. The van der Waals surface area contributed by atoms with E-state index in [-0.39, 0.29) is 22.2 Å². The first kappa shape index (κ1) is 14.3. The molecule has 1 fully saturated rings. The number of hydrogen-bond acceptors (Lipinski definition) is 3. The van der Waals surface area contributed by atoms with Crippen LogP contribution in [0.2, 0.25) is 0 Å². The van der Waals surface area contributed by atoms with Crippen LogP contribution in [0.4, 0.5) is 10.1 Å². The first-order valence-electron chi connectivity index (χ1n) is 6.48. The van der Waals surface area contributed by atoms with E-state index in [2.05, 4.69) is 4.72 Å². The molecule has 0 saturated heterocycles. The minimum absolute atomic E-state index is 0.0228. The van der Waals surface area contributed by atoms with Crippen molar-refractivity contribution in [2.75, 3.05) is 5.73 Å². The fraction of sp³-hybridized carbons (Fsp3) is 0.538. The molecule has 106 valence electrons. The van der Waals surface area contributed by atoms with Crippen LogP contribution >= 0.6 is 0 Å². The van der Waals surface area contributed by atoms with Crippen LogP contribution in [0.1, 0.15) is 37.7 Å². The first-order chi connectivity index (χ1) is 8.90. The molecule has 0 spiro atoms. The van der Waals surface area contributed by atoms with Crippen molar-refractivity contribution in [3.63, 3.8) is 0 Å². The van der Waals surface area contributed by atoms with Gasteiger partial charge in [-0.25, -0.2) is 17.5 Å². The lowest BCUT2D eigenvalue weighted by atomic mass is 9.96. The summed E-state index contributed by atoms with van der Waals surface area (Å²) in [6.45, 7) is 1.51. The van der Waals surface area contributed by atoms with E-state index in [0.29, 0.717) is 0 Å². The number of benzene rings is 1. The Balaban J connectivity index is 2.24. The number of halogens is 1. The Morgan fingerprint density at radius 1 is 1.26 bits per heavy atom. The Bertz CT molecular complexity index is 543. The quantitative estimate of drug-likeness (QED) is 0.838. The summed E-state index contributed by atoms with van der Waals surface area (Å²) in [4.78, 5) is 0.0365. The number of rotatable bonds is 3. The van der Waals surface area contributed by atoms with Crippen molar-refractivity contribution in [3.8, 4) is 0 Å². The zero-order chi connectivity index (χ0) is 14.0. The highest BCUT2D eigenvalue weighted by Crippen LogP contribution is 2.23. The lowest BCUT2D eigenvalue weighted by molar-refractivity contribution is 0.412. The predicted octanol–water partition coefficient (Wildman–Crippen LogP) is 2.33. The molecule has 6 heteroatoms. The normalized spacial score (nSPS) is 17.6. The smallest absolute Gasteiger partial charge is 0.240 e. The maximum atomic E-state index is 13.4. The average Bonchev–Trinajstić information content (AvgIpc) is 2.36. The highest BCUT2D eigenvalue weighted by Gasteiger charge is 2.23. The van der Waals surface area contributed by atoms with Gasteiger partial charge in [-0.15, -0.1) is 0 Å². The van der Waals surface area contributed by atoms with Crippen molar-refractivity contribution in [3.05, 3.63) is 23.5 Å². The Morgan fingerprint density at radius 2 is 1.89 bits per heavy atom. The van der Waals surface area contributed by atoms with E-state index in [1.54, 1.807) is 0 Å². The summed E-state index contributed by atoms with van der Waals surface area (Å²) in [5.74, 6) is -0.559. The van der Waals surface area contributed by atoms with Crippen molar-refractivity contribution in [1.29, 1.82) is 0 Å². The fourth-order valence-corrected chi connectivity index (χ4v) is 3.85. The largest absolute Gasteiger partial charge is 0.396 e. The molecule has 4 nitrogen and oxygen atoms in total. The van der Waals surface area contributed by atoms with Crippen LogP contribution in [0, 0.1) is 12.7 Å². The molecule has 0 bridgehead atoms. The van der Waals surface area contributed by atoms with E-state index >= 15 is 0 Å². The number of nitrogen functional groups attached to an aromatic ring is 1. The van der Waals surface area contributed by atoms with Gasteiger partial charge in [0.1, 0.15) is 5.82 Å². The molecular weight excluding hydrogens is 267 g/mol. The number of anilines is 1. The van der Waals surface area contributed by atoms with Crippen LogP contribution in [-0.4, -0.2) is 14.5 Å². The van der Waals surface area contributed by atoms with Crippen molar-refractivity contribution in [2.45, 2.75) is 50.0 Å². The molecule has 0 aromatic heterocycles. The van der Waals surface area contributed by atoms with Crippen molar-refractivity contribution in [1.82, 2.24) is 4.72 Å². The molecule has 1 saturated carbocycles. The third-order valence-corrected chi connectivity index (χ3v) is 4.99. The van der Waals surface area contributed by atoms with Crippen LogP contribution in [0.25, 0.3) is 0 Å². The minimum Gasteiger partial charge on any atom is -0.396 e. The fourth-order valence-electron chi connectivity index (χ4n) is 2.43. The summed E-state index contributed by atoms with van der Waals surface area (Å²) in [5.41, 5.74) is 5.59. The van der Waals surface area contributed by atoms with Gasteiger partial charge in [-0.1, -0.05) is 19.3 Å². The summed E-state index contributed by atoms with van der Waals surface area (Å²) >= 11 is 0. The van der Waals surface area contributed by atoms with Gasteiger partial charge in [0, 0.05) is 6.04 Å². The SMILES string of the molecule is Cc1cc(S(=O)(=O)NC2CCCCC2)cc(N)c1F. The lowest BCUT2D eigenvalue weighted by Crippen LogP contribution is -2.36. The van der Waals surface area contributed by atoms with Crippen LogP contribution < -0.4 is 10.5 Å². The van der Waals surface area contributed by atoms with Gasteiger partial charge < -0.3 is 5.73 Å². The Kier molecular flexibility index (Phi) is 4.10. The number of nitrogens with one attached hydrogen (secondary N) is 1. The zero-order valence-corrected chi connectivity index (χ0v) is 11.8. The number of hydrogen-bond donors (Lipinski definition) is 2. The summed E-state index contributed by atoms with van der Waals surface area (Å²) in [6.07, 6.45) is 4.94. The van der Waals surface area contributed by atoms with Gasteiger partial charge in [-0.2, -0.15) is 0 Å². The van der Waals surface area contributed by atoms with Gasteiger partial charge in [-0.3, -0.25) is 0 Å². The minimum atomic E-state index is -3.62. The van der Waals surface area contributed by atoms with Crippen LogP contribution in [-0.2, 0) is 10.0 Å². The number of sulfonamides is 1.